The lowest BCUT2D eigenvalue weighted by Gasteiger charge is -2.22. The molecule has 0 saturated heterocycles. The summed E-state index contributed by atoms with van der Waals surface area (Å²) in [6, 6.07) is 9.18. The van der Waals surface area contributed by atoms with Gasteiger partial charge in [0.15, 0.2) is 0 Å². The van der Waals surface area contributed by atoms with Gasteiger partial charge in [-0.1, -0.05) is 18.2 Å². The molecule has 2 aromatic rings. The van der Waals surface area contributed by atoms with Crippen molar-refractivity contribution in [2.24, 2.45) is 0 Å². The van der Waals surface area contributed by atoms with Crippen LogP contribution in [0.25, 0.3) is 0 Å². The number of amides is 3. The molecule has 1 heterocycles. The van der Waals surface area contributed by atoms with Gasteiger partial charge in [-0.15, -0.1) is 0 Å². The van der Waals surface area contributed by atoms with Crippen molar-refractivity contribution in [1.82, 2.24) is 4.90 Å². The van der Waals surface area contributed by atoms with Crippen LogP contribution in [-0.2, 0) is 16.0 Å². The van der Waals surface area contributed by atoms with Gasteiger partial charge in [0.2, 0.25) is 5.91 Å². The fourth-order valence-electron chi connectivity index (χ4n) is 2.88. The minimum Gasteiger partial charge on any atom is -0.506 e. The summed E-state index contributed by atoms with van der Waals surface area (Å²) in [5.74, 6) is -3.14. The van der Waals surface area contributed by atoms with Crippen molar-refractivity contribution < 1.29 is 29.4 Å². The predicted molar refractivity (Wildman–Crippen MR) is 94.5 cm³/mol. The Labute approximate surface area is 154 Å². The quantitative estimate of drug-likeness (QED) is 0.544. The first-order valence-corrected chi connectivity index (χ1v) is 8.11. The topological polar surface area (TPSA) is 124 Å². The molecule has 3 amide bonds. The summed E-state index contributed by atoms with van der Waals surface area (Å²) in [6.07, 6.45) is -0.281. The third kappa shape index (κ3) is 3.37. The number of nitrogens with one attached hydrogen (secondary N) is 1. The van der Waals surface area contributed by atoms with Crippen LogP contribution in [-0.4, -0.2) is 44.8 Å². The second kappa shape index (κ2) is 6.91. The fraction of sp³-hybridized carbons (Fsp3) is 0.158. The molecule has 0 bridgehead atoms. The Hall–Kier alpha value is -3.68. The number of benzene rings is 2. The number of phenolic OH excluding ortho intramolecular Hbond substituents is 1. The standard InChI is InChI=1S/C19H16N2O6/c1-10(21-18(26)12-4-2-3-5-13(12)19(21)27)17(25)20-14-8-11(9-16(23)24)6-7-15(14)22/h2-8,10,22H,9H2,1H3,(H,20,25)(H,23,24). The zero-order valence-electron chi connectivity index (χ0n) is 14.3. The minimum atomic E-state index is -1.13. The molecule has 138 valence electrons. The van der Waals surface area contributed by atoms with Crippen LogP contribution < -0.4 is 5.32 Å². The molecule has 1 unspecified atom stereocenters. The van der Waals surface area contributed by atoms with Crippen LogP contribution in [0.1, 0.15) is 33.2 Å². The smallest absolute Gasteiger partial charge is 0.307 e. The van der Waals surface area contributed by atoms with E-state index in [9.17, 15) is 24.3 Å². The molecule has 0 radical (unpaired) electrons. The maximum absolute atomic E-state index is 12.5. The van der Waals surface area contributed by atoms with Gasteiger partial charge in [0.1, 0.15) is 11.8 Å². The molecule has 8 nitrogen and oxygen atoms in total. The molecular weight excluding hydrogens is 352 g/mol. The Kier molecular flexibility index (Phi) is 4.64. The van der Waals surface area contributed by atoms with Crippen molar-refractivity contribution in [3.05, 3.63) is 59.2 Å². The lowest BCUT2D eigenvalue weighted by Crippen LogP contribution is -2.45. The summed E-state index contributed by atoms with van der Waals surface area (Å²) >= 11 is 0. The summed E-state index contributed by atoms with van der Waals surface area (Å²) in [5.41, 5.74) is 0.841. The summed E-state index contributed by atoms with van der Waals surface area (Å²) in [4.78, 5) is 49.1. The Morgan fingerprint density at radius 2 is 1.67 bits per heavy atom. The van der Waals surface area contributed by atoms with Crippen LogP contribution >= 0.6 is 0 Å². The molecule has 8 heteroatoms. The van der Waals surface area contributed by atoms with Gasteiger partial charge in [-0.3, -0.25) is 24.1 Å². The molecular formula is C19H16N2O6. The third-order valence-corrected chi connectivity index (χ3v) is 4.27. The second-order valence-corrected chi connectivity index (χ2v) is 6.11. The molecule has 1 atom stereocenters. The Balaban J connectivity index is 1.80. The average molecular weight is 368 g/mol. The highest BCUT2D eigenvalue weighted by atomic mass is 16.4. The van der Waals surface area contributed by atoms with Gasteiger partial charge in [0.25, 0.3) is 11.8 Å². The highest BCUT2D eigenvalue weighted by Gasteiger charge is 2.40. The first-order chi connectivity index (χ1) is 12.8. The number of fused-ring (bicyclic) bond motifs is 1. The number of aliphatic carboxylic acids is 1. The van der Waals surface area contributed by atoms with Crippen molar-refractivity contribution in [3.8, 4) is 5.75 Å². The van der Waals surface area contributed by atoms with Crippen molar-refractivity contribution in [1.29, 1.82) is 0 Å². The number of carboxylic acid groups (broad SMARTS) is 1. The van der Waals surface area contributed by atoms with Crippen molar-refractivity contribution in [2.75, 3.05) is 5.32 Å². The van der Waals surface area contributed by atoms with E-state index in [1.165, 1.54) is 37.3 Å². The monoisotopic (exact) mass is 368 g/mol. The molecule has 0 fully saturated rings. The molecule has 0 spiro atoms. The van der Waals surface area contributed by atoms with Crippen LogP contribution in [0.2, 0.25) is 0 Å². The van der Waals surface area contributed by atoms with E-state index in [0.29, 0.717) is 5.56 Å². The number of hydrogen-bond acceptors (Lipinski definition) is 5. The van der Waals surface area contributed by atoms with Gasteiger partial charge < -0.3 is 15.5 Å². The van der Waals surface area contributed by atoms with Crippen molar-refractivity contribution in [3.63, 3.8) is 0 Å². The molecule has 3 N–H and O–H groups in total. The van der Waals surface area contributed by atoms with Gasteiger partial charge in [-0.2, -0.15) is 0 Å². The summed E-state index contributed by atoms with van der Waals surface area (Å²) in [7, 11) is 0. The molecule has 3 rings (SSSR count). The van der Waals surface area contributed by atoms with E-state index >= 15 is 0 Å². The number of carbonyl (C=O) groups excluding carboxylic acids is 3. The van der Waals surface area contributed by atoms with Crippen LogP contribution in [0.4, 0.5) is 5.69 Å². The number of imide groups is 1. The maximum atomic E-state index is 12.5. The third-order valence-electron chi connectivity index (χ3n) is 4.27. The highest BCUT2D eigenvalue weighted by Crippen LogP contribution is 2.27. The first kappa shape index (κ1) is 18.1. The molecule has 0 aromatic heterocycles. The van der Waals surface area contributed by atoms with E-state index < -0.39 is 29.7 Å². The zero-order valence-corrected chi connectivity index (χ0v) is 14.3. The predicted octanol–water partition coefficient (Wildman–Crippen LogP) is 1.64. The molecule has 27 heavy (non-hydrogen) atoms. The van der Waals surface area contributed by atoms with E-state index in [0.717, 1.165) is 4.90 Å². The largest absolute Gasteiger partial charge is 0.506 e. The van der Waals surface area contributed by atoms with Gasteiger partial charge in [-0.05, 0) is 36.8 Å². The lowest BCUT2D eigenvalue weighted by atomic mass is 10.1. The number of hydrogen-bond donors (Lipinski definition) is 3. The number of rotatable bonds is 5. The minimum absolute atomic E-state index is 0.00205. The maximum Gasteiger partial charge on any atom is 0.307 e. The molecule has 2 aromatic carbocycles. The van der Waals surface area contributed by atoms with Crippen LogP contribution in [0, 0.1) is 0 Å². The Bertz CT molecular complexity index is 933. The number of carboxylic acids is 1. The van der Waals surface area contributed by atoms with E-state index in [4.69, 9.17) is 5.11 Å². The van der Waals surface area contributed by atoms with E-state index in [1.54, 1.807) is 12.1 Å². The van der Waals surface area contributed by atoms with E-state index in [-0.39, 0.29) is 29.0 Å². The Morgan fingerprint density at radius 3 is 2.22 bits per heavy atom. The number of nitrogens with zero attached hydrogens (tertiary/aromatic N) is 1. The average Bonchev–Trinajstić information content (AvgIpc) is 2.88. The Morgan fingerprint density at radius 1 is 1.07 bits per heavy atom. The highest BCUT2D eigenvalue weighted by molar-refractivity contribution is 6.23. The fourth-order valence-corrected chi connectivity index (χ4v) is 2.88. The molecule has 1 aliphatic rings. The second-order valence-electron chi connectivity index (χ2n) is 6.11. The van der Waals surface area contributed by atoms with Gasteiger partial charge in [-0.25, -0.2) is 0 Å². The van der Waals surface area contributed by atoms with Crippen LogP contribution in [0.3, 0.4) is 0 Å². The summed E-state index contributed by atoms with van der Waals surface area (Å²) in [5, 5.41) is 21.2. The van der Waals surface area contributed by atoms with Gasteiger partial charge in [0.05, 0.1) is 23.2 Å². The van der Waals surface area contributed by atoms with E-state index in [2.05, 4.69) is 5.32 Å². The normalized spacial score (nSPS) is 14.0. The number of aromatic hydroxyl groups is 1. The molecule has 1 aliphatic heterocycles. The van der Waals surface area contributed by atoms with Crippen LogP contribution in [0.15, 0.2) is 42.5 Å². The zero-order chi connectivity index (χ0) is 19.7. The van der Waals surface area contributed by atoms with Crippen molar-refractivity contribution in [2.45, 2.75) is 19.4 Å². The molecule has 0 saturated carbocycles. The SMILES string of the molecule is CC(C(=O)Nc1cc(CC(=O)O)ccc1O)N1C(=O)c2ccccc2C1=O. The number of carbonyl (C=O) groups is 4. The summed E-state index contributed by atoms with van der Waals surface area (Å²) in [6.45, 7) is 1.40. The number of anilines is 1. The van der Waals surface area contributed by atoms with Gasteiger partial charge >= 0.3 is 5.97 Å². The van der Waals surface area contributed by atoms with Crippen LogP contribution in [0.5, 0.6) is 5.75 Å². The van der Waals surface area contributed by atoms with E-state index in [1.807, 2.05) is 0 Å². The number of phenols is 1. The molecule has 0 aliphatic carbocycles. The lowest BCUT2D eigenvalue weighted by molar-refractivity contribution is -0.136. The summed E-state index contributed by atoms with van der Waals surface area (Å²) < 4.78 is 0. The van der Waals surface area contributed by atoms with Gasteiger partial charge in [0, 0.05) is 0 Å². The van der Waals surface area contributed by atoms with Crippen molar-refractivity contribution >= 4 is 29.4 Å². The first-order valence-electron chi connectivity index (χ1n) is 8.11.